The Morgan fingerprint density at radius 2 is 2.05 bits per heavy atom. The second kappa shape index (κ2) is 5.44. The number of halogens is 1. The number of hydrogen-bond acceptors (Lipinski definition) is 5. The summed E-state index contributed by atoms with van der Waals surface area (Å²) in [6.45, 7) is 1.56. The Bertz CT molecular complexity index is 720. The molecule has 0 N–H and O–H groups in total. The number of ether oxygens (including phenoxy) is 1. The standard InChI is InChI=1S/C12H12FN5O3/c13-9-2-1-3-10(8-9)18-15-14-11(19)17(18)12(20)16-4-6-21-7-5-16/h1-3,8H,4-7H2. The fourth-order valence-electron chi connectivity index (χ4n) is 2.06. The molecule has 2 aromatic rings. The predicted molar refractivity (Wildman–Crippen MR) is 68.8 cm³/mol. The molecule has 0 unspecified atom stereocenters. The lowest BCUT2D eigenvalue weighted by molar-refractivity contribution is 0.0521. The molecule has 1 aromatic heterocycles. The summed E-state index contributed by atoms with van der Waals surface area (Å²) in [6.07, 6.45) is 0. The summed E-state index contributed by atoms with van der Waals surface area (Å²) in [5, 5.41) is 6.97. The minimum Gasteiger partial charge on any atom is -0.378 e. The van der Waals surface area contributed by atoms with Gasteiger partial charge in [-0.3, -0.25) is 0 Å². The Kier molecular flexibility index (Phi) is 3.48. The summed E-state index contributed by atoms with van der Waals surface area (Å²) in [7, 11) is 0. The van der Waals surface area contributed by atoms with Crippen LogP contribution in [0.15, 0.2) is 29.1 Å². The molecule has 1 saturated heterocycles. The first-order valence-electron chi connectivity index (χ1n) is 6.35. The highest BCUT2D eigenvalue weighted by Crippen LogP contribution is 2.08. The summed E-state index contributed by atoms with van der Waals surface area (Å²) < 4.78 is 19.2. The van der Waals surface area contributed by atoms with E-state index in [4.69, 9.17) is 4.74 Å². The number of nitrogens with zero attached hydrogens (tertiary/aromatic N) is 5. The molecular weight excluding hydrogens is 281 g/mol. The van der Waals surface area contributed by atoms with Crippen molar-refractivity contribution in [3.8, 4) is 5.69 Å². The van der Waals surface area contributed by atoms with Crippen molar-refractivity contribution >= 4 is 6.03 Å². The highest BCUT2D eigenvalue weighted by Gasteiger charge is 2.24. The van der Waals surface area contributed by atoms with Gasteiger partial charge in [-0.2, -0.15) is 0 Å². The van der Waals surface area contributed by atoms with E-state index in [0.717, 1.165) is 15.5 Å². The Morgan fingerprint density at radius 1 is 1.29 bits per heavy atom. The van der Waals surface area contributed by atoms with Crippen molar-refractivity contribution in [1.82, 2.24) is 24.7 Å². The van der Waals surface area contributed by atoms with Gasteiger partial charge in [0.2, 0.25) is 0 Å². The van der Waals surface area contributed by atoms with Crippen LogP contribution in [0.25, 0.3) is 5.69 Å². The van der Waals surface area contributed by atoms with Gasteiger partial charge in [-0.05, 0) is 17.3 Å². The molecule has 110 valence electrons. The fourth-order valence-corrected chi connectivity index (χ4v) is 2.06. The van der Waals surface area contributed by atoms with E-state index in [0.29, 0.717) is 26.3 Å². The molecule has 0 aliphatic carbocycles. The van der Waals surface area contributed by atoms with E-state index in [1.54, 1.807) is 0 Å². The zero-order chi connectivity index (χ0) is 14.8. The summed E-state index contributed by atoms with van der Waals surface area (Å²) in [4.78, 5) is 26.6. The molecule has 1 amide bonds. The Morgan fingerprint density at radius 3 is 2.76 bits per heavy atom. The topological polar surface area (TPSA) is 82.2 Å². The van der Waals surface area contributed by atoms with Gasteiger partial charge in [-0.15, -0.1) is 9.48 Å². The molecule has 0 saturated carbocycles. The number of amides is 1. The molecular formula is C12H12FN5O3. The van der Waals surface area contributed by atoms with Gasteiger partial charge in [-0.25, -0.2) is 14.0 Å². The van der Waals surface area contributed by atoms with Crippen molar-refractivity contribution in [3.63, 3.8) is 0 Å². The average molecular weight is 293 g/mol. The summed E-state index contributed by atoms with van der Waals surface area (Å²) in [5.41, 5.74) is -0.568. The van der Waals surface area contributed by atoms with E-state index in [2.05, 4.69) is 10.3 Å². The zero-order valence-corrected chi connectivity index (χ0v) is 11.0. The molecule has 0 atom stereocenters. The lowest BCUT2D eigenvalue weighted by Gasteiger charge is -2.26. The first-order valence-corrected chi connectivity index (χ1v) is 6.35. The quantitative estimate of drug-likeness (QED) is 0.684. The summed E-state index contributed by atoms with van der Waals surface area (Å²) in [5.74, 6) is -0.499. The van der Waals surface area contributed by atoms with Gasteiger partial charge in [0, 0.05) is 19.2 Å². The van der Waals surface area contributed by atoms with Gasteiger partial charge in [0.05, 0.1) is 18.9 Å². The number of aromatic nitrogens is 4. The average Bonchev–Trinajstić information content (AvgIpc) is 2.89. The molecule has 3 rings (SSSR count). The van der Waals surface area contributed by atoms with Crippen LogP contribution in [0.1, 0.15) is 0 Å². The summed E-state index contributed by atoms with van der Waals surface area (Å²) in [6, 6.07) is 4.85. The number of rotatable bonds is 1. The molecule has 9 heteroatoms. The minimum atomic E-state index is -0.809. The molecule has 2 heterocycles. The van der Waals surface area contributed by atoms with Gasteiger partial charge < -0.3 is 9.64 Å². The van der Waals surface area contributed by atoms with E-state index < -0.39 is 17.5 Å². The molecule has 1 aromatic carbocycles. The van der Waals surface area contributed by atoms with Crippen LogP contribution in [-0.4, -0.2) is 57.0 Å². The van der Waals surface area contributed by atoms with Crippen LogP contribution >= 0.6 is 0 Å². The first-order chi connectivity index (χ1) is 10.2. The highest BCUT2D eigenvalue weighted by atomic mass is 19.1. The molecule has 1 fully saturated rings. The van der Waals surface area contributed by atoms with Crippen LogP contribution in [0.4, 0.5) is 9.18 Å². The molecule has 0 bridgehead atoms. The van der Waals surface area contributed by atoms with Crippen LogP contribution in [0.2, 0.25) is 0 Å². The van der Waals surface area contributed by atoms with Crippen molar-refractivity contribution in [2.24, 2.45) is 0 Å². The third kappa shape index (κ3) is 2.55. The number of hydrogen-bond donors (Lipinski definition) is 0. The lowest BCUT2D eigenvalue weighted by atomic mass is 10.3. The van der Waals surface area contributed by atoms with Gasteiger partial charge in [0.15, 0.2) is 0 Å². The number of carbonyl (C=O) groups is 1. The molecule has 0 spiro atoms. The fraction of sp³-hybridized carbons (Fsp3) is 0.333. The first kappa shape index (κ1) is 13.4. The molecule has 0 radical (unpaired) electrons. The maximum atomic E-state index is 13.3. The molecule has 8 nitrogen and oxygen atoms in total. The minimum absolute atomic E-state index is 0.242. The van der Waals surface area contributed by atoms with Crippen LogP contribution in [0, 0.1) is 5.82 Å². The maximum absolute atomic E-state index is 13.3. The Balaban J connectivity index is 2.01. The number of tetrazole rings is 1. The third-order valence-corrected chi connectivity index (χ3v) is 3.09. The molecule has 1 aliphatic rings. The van der Waals surface area contributed by atoms with E-state index in [9.17, 15) is 14.0 Å². The van der Waals surface area contributed by atoms with Crippen molar-refractivity contribution in [2.75, 3.05) is 26.3 Å². The van der Waals surface area contributed by atoms with Gasteiger partial charge >= 0.3 is 11.7 Å². The second-order valence-corrected chi connectivity index (χ2v) is 4.44. The van der Waals surface area contributed by atoms with Gasteiger partial charge in [0.1, 0.15) is 5.82 Å². The summed E-state index contributed by atoms with van der Waals surface area (Å²) >= 11 is 0. The second-order valence-electron chi connectivity index (χ2n) is 4.44. The monoisotopic (exact) mass is 293 g/mol. The van der Waals surface area contributed by atoms with Crippen molar-refractivity contribution in [3.05, 3.63) is 40.6 Å². The Hall–Kier alpha value is -2.55. The lowest BCUT2D eigenvalue weighted by Crippen LogP contribution is -2.47. The zero-order valence-electron chi connectivity index (χ0n) is 11.0. The normalized spacial score (nSPS) is 15.2. The number of benzene rings is 1. The highest BCUT2D eigenvalue weighted by molar-refractivity contribution is 5.76. The molecule has 1 aliphatic heterocycles. The predicted octanol–water partition coefficient (Wildman–Crippen LogP) is -0.132. The van der Waals surface area contributed by atoms with E-state index in [1.165, 1.54) is 23.1 Å². The van der Waals surface area contributed by atoms with Crippen LogP contribution in [0.3, 0.4) is 0 Å². The molecule has 21 heavy (non-hydrogen) atoms. The largest absolute Gasteiger partial charge is 0.392 e. The van der Waals surface area contributed by atoms with Crippen LogP contribution in [0.5, 0.6) is 0 Å². The van der Waals surface area contributed by atoms with Gasteiger partial charge in [0.25, 0.3) is 0 Å². The Labute approximate surface area is 118 Å². The van der Waals surface area contributed by atoms with Crippen molar-refractivity contribution in [1.29, 1.82) is 0 Å². The smallest absolute Gasteiger partial charge is 0.378 e. The van der Waals surface area contributed by atoms with Crippen LogP contribution in [-0.2, 0) is 4.74 Å². The van der Waals surface area contributed by atoms with E-state index in [-0.39, 0.29) is 5.69 Å². The van der Waals surface area contributed by atoms with Crippen molar-refractivity contribution in [2.45, 2.75) is 0 Å². The number of morpholine rings is 1. The number of carbonyl (C=O) groups excluding carboxylic acids is 1. The van der Waals surface area contributed by atoms with E-state index in [1.807, 2.05) is 0 Å². The SMILES string of the molecule is O=C(N1CCOCC1)n1c(=O)nnn1-c1cccc(F)c1. The van der Waals surface area contributed by atoms with Crippen molar-refractivity contribution < 1.29 is 13.9 Å². The van der Waals surface area contributed by atoms with E-state index >= 15 is 0 Å². The van der Waals surface area contributed by atoms with Crippen LogP contribution < -0.4 is 5.69 Å². The van der Waals surface area contributed by atoms with Gasteiger partial charge in [-0.1, -0.05) is 11.2 Å². The third-order valence-electron chi connectivity index (χ3n) is 3.09. The maximum Gasteiger partial charge on any atom is 0.392 e.